The van der Waals surface area contributed by atoms with Crippen molar-refractivity contribution in [3.05, 3.63) is 71.9 Å². The van der Waals surface area contributed by atoms with Crippen LogP contribution in [0.2, 0.25) is 0 Å². The van der Waals surface area contributed by atoms with E-state index >= 15 is 0 Å². The number of fused-ring (bicyclic) bond motifs is 1. The van der Waals surface area contributed by atoms with E-state index in [4.69, 9.17) is 0 Å². The van der Waals surface area contributed by atoms with E-state index in [1.54, 1.807) is 23.5 Å². The van der Waals surface area contributed by atoms with Gasteiger partial charge in [-0.1, -0.05) is 18.2 Å². The number of nitrogens with zero attached hydrogens (tertiary/aromatic N) is 2. The number of nitrogens with one attached hydrogen (secondary N) is 1. The van der Waals surface area contributed by atoms with Gasteiger partial charge in [0.25, 0.3) is 0 Å². The average Bonchev–Trinajstić information content (AvgIpc) is 3.25. The summed E-state index contributed by atoms with van der Waals surface area (Å²) >= 11 is 1.58. The highest BCUT2D eigenvalue weighted by molar-refractivity contribution is 7.13. The number of para-hydroxylation sites is 2. The number of halogens is 1. The number of thiophene rings is 1. The monoisotopic (exact) mass is 351 g/mol. The molecule has 0 saturated carbocycles. The molecule has 4 aromatic rings. The van der Waals surface area contributed by atoms with Gasteiger partial charge in [0.1, 0.15) is 12.4 Å². The van der Waals surface area contributed by atoms with Crippen LogP contribution in [0.3, 0.4) is 0 Å². The molecule has 2 aromatic heterocycles. The van der Waals surface area contributed by atoms with Crippen LogP contribution in [0.25, 0.3) is 21.7 Å². The second kappa shape index (κ2) is 6.49. The molecule has 0 aliphatic carbocycles. The number of carbonyl (C=O) groups is 1. The topological polar surface area (TPSA) is 46.9 Å². The number of amides is 1. The summed E-state index contributed by atoms with van der Waals surface area (Å²) in [5, 5.41) is 4.78. The number of carbonyl (C=O) groups excluding carboxylic acids is 1. The van der Waals surface area contributed by atoms with Crippen LogP contribution in [-0.2, 0) is 11.3 Å². The van der Waals surface area contributed by atoms with E-state index in [-0.39, 0.29) is 18.3 Å². The Bertz CT molecular complexity index is 1020. The Labute approximate surface area is 147 Å². The first kappa shape index (κ1) is 15.5. The Morgan fingerprint density at radius 2 is 1.88 bits per heavy atom. The number of rotatable bonds is 4. The third-order valence-corrected chi connectivity index (χ3v) is 4.69. The minimum atomic E-state index is -0.335. The summed E-state index contributed by atoms with van der Waals surface area (Å²) in [7, 11) is 0. The molecule has 2 aromatic carbocycles. The predicted octanol–water partition coefficient (Wildman–Crippen LogP) is 4.54. The molecule has 1 amide bonds. The lowest BCUT2D eigenvalue weighted by molar-refractivity contribution is -0.116. The maximum Gasteiger partial charge on any atom is 0.244 e. The van der Waals surface area contributed by atoms with E-state index in [0.717, 1.165) is 21.7 Å². The van der Waals surface area contributed by atoms with E-state index in [1.807, 2.05) is 46.3 Å². The fourth-order valence-corrected chi connectivity index (χ4v) is 3.43. The Kier molecular flexibility index (Phi) is 4.03. The zero-order chi connectivity index (χ0) is 17.2. The van der Waals surface area contributed by atoms with Crippen LogP contribution >= 0.6 is 11.3 Å². The van der Waals surface area contributed by atoms with Gasteiger partial charge in [0.05, 0.1) is 15.9 Å². The molecular weight excluding hydrogens is 337 g/mol. The molecule has 0 aliphatic rings. The third kappa shape index (κ3) is 3.16. The highest BCUT2D eigenvalue weighted by atomic mass is 32.1. The lowest BCUT2D eigenvalue weighted by Crippen LogP contribution is -2.19. The number of hydrogen-bond acceptors (Lipinski definition) is 3. The van der Waals surface area contributed by atoms with E-state index in [1.165, 1.54) is 12.1 Å². The van der Waals surface area contributed by atoms with Crippen molar-refractivity contribution in [2.24, 2.45) is 0 Å². The van der Waals surface area contributed by atoms with E-state index in [0.29, 0.717) is 5.69 Å². The van der Waals surface area contributed by atoms with Crippen LogP contribution in [0.4, 0.5) is 10.1 Å². The van der Waals surface area contributed by atoms with Gasteiger partial charge in [-0.15, -0.1) is 11.3 Å². The van der Waals surface area contributed by atoms with Crippen LogP contribution in [0, 0.1) is 5.82 Å². The van der Waals surface area contributed by atoms with E-state index in [9.17, 15) is 9.18 Å². The number of anilines is 1. The lowest BCUT2D eigenvalue weighted by Gasteiger charge is -2.09. The van der Waals surface area contributed by atoms with Crippen molar-refractivity contribution >= 4 is 34.0 Å². The molecule has 0 radical (unpaired) electrons. The normalized spacial score (nSPS) is 10.9. The van der Waals surface area contributed by atoms with Crippen LogP contribution in [0.5, 0.6) is 0 Å². The van der Waals surface area contributed by atoms with Gasteiger partial charge in [-0.05, 0) is 47.8 Å². The molecule has 4 nitrogen and oxygen atoms in total. The second-order valence-electron chi connectivity index (χ2n) is 5.54. The molecule has 0 saturated heterocycles. The van der Waals surface area contributed by atoms with Crippen LogP contribution in [-0.4, -0.2) is 15.5 Å². The summed E-state index contributed by atoms with van der Waals surface area (Å²) in [6.45, 7) is 0.130. The first-order valence-corrected chi connectivity index (χ1v) is 8.63. The van der Waals surface area contributed by atoms with Crippen LogP contribution in [0.15, 0.2) is 66.0 Å². The molecular formula is C19H14FN3OS. The zero-order valence-corrected chi connectivity index (χ0v) is 14.0. The zero-order valence-electron chi connectivity index (χ0n) is 13.1. The number of imidazole rings is 1. The summed E-state index contributed by atoms with van der Waals surface area (Å²) in [6.07, 6.45) is 0. The fourth-order valence-electron chi connectivity index (χ4n) is 2.71. The molecule has 0 atom stereocenters. The maximum atomic E-state index is 13.0. The summed E-state index contributed by atoms with van der Waals surface area (Å²) in [4.78, 5) is 18.2. The summed E-state index contributed by atoms with van der Waals surface area (Å²) in [5.74, 6) is 0.247. The Balaban J connectivity index is 1.67. The lowest BCUT2D eigenvalue weighted by atomic mass is 10.3. The molecule has 4 rings (SSSR count). The van der Waals surface area contributed by atoms with Gasteiger partial charge in [0.15, 0.2) is 5.82 Å². The summed E-state index contributed by atoms with van der Waals surface area (Å²) < 4.78 is 14.9. The van der Waals surface area contributed by atoms with Gasteiger partial charge in [-0.25, -0.2) is 9.37 Å². The van der Waals surface area contributed by atoms with Gasteiger partial charge in [0, 0.05) is 5.69 Å². The summed E-state index contributed by atoms with van der Waals surface area (Å²) in [6, 6.07) is 17.4. The number of hydrogen-bond donors (Lipinski definition) is 1. The summed E-state index contributed by atoms with van der Waals surface area (Å²) in [5.41, 5.74) is 2.31. The first-order valence-electron chi connectivity index (χ1n) is 7.75. The predicted molar refractivity (Wildman–Crippen MR) is 98.1 cm³/mol. The Morgan fingerprint density at radius 1 is 1.08 bits per heavy atom. The molecule has 25 heavy (non-hydrogen) atoms. The molecule has 0 aliphatic heterocycles. The quantitative estimate of drug-likeness (QED) is 0.587. The average molecular weight is 351 g/mol. The van der Waals surface area contributed by atoms with Gasteiger partial charge >= 0.3 is 0 Å². The van der Waals surface area contributed by atoms with Gasteiger partial charge in [-0.2, -0.15) is 0 Å². The van der Waals surface area contributed by atoms with E-state index < -0.39 is 0 Å². The smallest absolute Gasteiger partial charge is 0.244 e. The first-order chi connectivity index (χ1) is 12.2. The molecule has 0 fully saturated rings. The van der Waals surface area contributed by atoms with Crippen LogP contribution in [0.1, 0.15) is 0 Å². The Morgan fingerprint density at radius 3 is 2.64 bits per heavy atom. The fraction of sp³-hybridized carbons (Fsp3) is 0.0526. The molecule has 1 N–H and O–H groups in total. The molecule has 0 unspecified atom stereocenters. The second-order valence-corrected chi connectivity index (χ2v) is 6.49. The van der Waals surface area contributed by atoms with Gasteiger partial charge in [0.2, 0.25) is 5.91 Å². The number of aromatic nitrogens is 2. The number of benzene rings is 2. The standard InChI is InChI=1S/C19H14FN3OS/c20-13-7-9-14(10-8-13)21-18(24)12-23-16-5-2-1-4-15(16)22-19(23)17-6-3-11-25-17/h1-11H,12H2,(H,21,24). The minimum Gasteiger partial charge on any atom is -0.325 e. The van der Waals surface area contributed by atoms with Crippen molar-refractivity contribution in [3.8, 4) is 10.7 Å². The minimum absolute atomic E-state index is 0.130. The Hall–Kier alpha value is -2.99. The molecule has 0 spiro atoms. The van der Waals surface area contributed by atoms with Crippen molar-refractivity contribution in [2.75, 3.05) is 5.32 Å². The highest BCUT2D eigenvalue weighted by Crippen LogP contribution is 2.28. The molecule has 124 valence electrons. The van der Waals surface area contributed by atoms with Crippen LogP contribution < -0.4 is 5.32 Å². The highest BCUT2D eigenvalue weighted by Gasteiger charge is 2.15. The largest absolute Gasteiger partial charge is 0.325 e. The van der Waals surface area contributed by atoms with Crippen molar-refractivity contribution in [2.45, 2.75) is 6.54 Å². The van der Waals surface area contributed by atoms with Gasteiger partial charge in [-0.3, -0.25) is 4.79 Å². The molecule has 6 heteroatoms. The van der Waals surface area contributed by atoms with Crippen molar-refractivity contribution in [3.63, 3.8) is 0 Å². The maximum absolute atomic E-state index is 13.0. The van der Waals surface area contributed by atoms with Crippen molar-refractivity contribution in [1.82, 2.24) is 9.55 Å². The van der Waals surface area contributed by atoms with Gasteiger partial charge < -0.3 is 9.88 Å². The molecule has 2 heterocycles. The third-order valence-electron chi connectivity index (χ3n) is 3.83. The van der Waals surface area contributed by atoms with E-state index in [2.05, 4.69) is 10.3 Å². The van der Waals surface area contributed by atoms with Crippen molar-refractivity contribution < 1.29 is 9.18 Å². The molecule has 0 bridgehead atoms. The van der Waals surface area contributed by atoms with Crippen molar-refractivity contribution in [1.29, 1.82) is 0 Å². The SMILES string of the molecule is O=C(Cn1c(-c2cccs2)nc2ccccc21)Nc1ccc(F)cc1.